The van der Waals surface area contributed by atoms with Crippen molar-refractivity contribution in [1.82, 2.24) is 4.90 Å². The molecule has 19 heavy (non-hydrogen) atoms. The maximum absolute atomic E-state index is 11.4. The average molecular weight is 272 g/mol. The molecule has 0 saturated heterocycles. The van der Waals surface area contributed by atoms with Gasteiger partial charge in [-0.3, -0.25) is 0 Å². The number of aliphatic hydroxyl groups is 1. The maximum Gasteiger partial charge on any atom is 0.119 e. The molecule has 2 rings (SSSR count). The minimum atomic E-state index is -2.84. The van der Waals surface area contributed by atoms with Crippen LogP contribution in [0.25, 0.3) is 0 Å². The number of benzene rings is 1. The number of hydrogen-bond acceptors (Lipinski definition) is 3. The van der Waals surface area contributed by atoms with Gasteiger partial charge in [-0.2, -0.15) is 0 Å². The van der Waals surface area contributed by atoms with E-state index in [0.717, 1.165) is 6.42 Å². The second kappa shape index (κ2) is 5.93. The predicted octanol–water partition coefficient (Wildman–Crippen LogP) is 2.63. The summed E-state index contributed by atoms with van der Waals surface area (Å²) in [5, 5.41) is 11.4. The fraction of sp³-hybridized carbons (Fsp3) is 0.625. The Labute approximate surface area is 128 Å². The fourth-order valence-corrected chi connectivity index (χ4v) is 2.90. The molecule has 2 unspecified atom stereocenters. The quantitative estimate of drug-likeness (QED) is 0.914. The normalized spacial score (nSPS) is 36.5. The van der Waals surface area contributed by atoms with Gasteiger partial charge in [-0.1, -0.05) is 25.0 Å². The van der Waals surface area contributed by atoms with E-state index in [1.807, 2.05) is 0 Å². The summed E-state index contributed by atoms with van der Waals surface area (Å²) >= 11 is 0. The Bertz CT molecular complexity index is 657. The van der Waals surface area contributed by atoms with Crippen LogP contribution in [-0.4, -0.2) is 37.5 Å². The molecule has 3 nitrogen and oxygen atoms in total. The first-order valence-electron chi connectivity index (χ1n) is 10.9. The summed E-state index contributed by atoms with van der Waals surface area (Å²) in [7, 11) is -2.65. The van der Waals surface area contributed by atoms with Crippen molar-refractivity contribution in [1.29, 1.82) is 0 Å². The van der Waals surface area contributed by atoms with Crippen molar-refractivity contribution in [3.05, 3.63) is 29.8 Å². The first-order chi connectivity index (χ1) is 12.6. The second-order valence-electron chi connectivity index (χ2n) is 5.11. The van der Waals surface area contributed by atoms with Gasteiger partial charge in [0.1, 0.15) is 5.75 Å². The smallest absolute Gasteiger partial charge is 0.119 e. The number of nitrogens with zero attached hydrogens (tertiary/aromatic N) is 1. The summed E-state index contributed by atoms with van der Waals surface area (Å²) in [5.74, 6) is -0.594. The van der Waals surface area contributed by atoms with E-state index in [1.165, 1.54) is 12.1 Å². The van der Waals surface area contributed by atoms with Gasteiger partial charge >= 0.3 is 0 Å². The highest BCUT2D eigenvalue weighted by molar-refractivity contribution is 5.33. The lowest BCUT2D eigenvalue weighted by Crippen LogP contribution is -2.43. The molecule has 1 aliphatic rings. The SMILES string of the molecule is [2H]C([2H])([2H])Oc1cccc(C2(O)CCCCC2CN(C([2H])([2H])[2H])C([2H])([2H])[2H])c1. The van der Waals surface area contributed by atoms with Gasteiger partial charge in [0.2, 0.25) is 0 Å². The van der Waals surface area contributed by atoms with Gasteiger partial charge in [-0.05, 0) is 44.5 Å². The van der Waals surface area contributed by atoms with Gasteiger partial charge in [0, 0.05) is 20.7 Å². The van der Waals surface area contributed by atoms with Crippen molar-refractivity contribution >= 4 is 0 Å². The van der Waals surface area contributed by atoms with E-state index in [-0.39, 0.29) is 12.3 Å². The summed E-state index contributed by atoms with van der Waals surface area (Å²) in [4.78, 5) is 0.462. The van der Waals surface area contributed by atoms with Crippen LogP contribution in [0.1, 0.15) is 43.6 Å². The molecule has 1 fully saturated rings. The highest BCUT2D eigenvalue weighted by Crippen LogP contribution is 2.42. The van der Waals surface area contributed by atoms with E-state index >= 15 is 0 Å². The Hall–Kier alpha value is -1.06. The van der Waals surface area contributed by atoms with Crippen LogP contribution in [0.15, 0.2) is 24.3 Å². The molecule has 1 aromatic rings. The first-order valence-corrected chi connectivity index (χ1v) is 6.43. The van der Waals surface area contributed by atoms with Crippen molar-refractivity contribution < 1.29 is 22.2 Å². The van der Waals surface area contributed by atoms with Gasteiger partial charge in [-0.25, -0.2) is 0 Å². The van der Waals surface area contributed by atoms with E-state index in [1.54, 1.807) is 12.1 Å². The summed E-state index contributed by atoms with van der Waals surface area (Å²) in [5.41, 5.74) is -1.10. The minimum Gasteiger partial charge on any atom is -0.497 e. The minimum absolute atomic E-state index is 0.0544. The summed E-state index contributed by atoms with van der Waals surface area (Å²) < 4.78 is 71.9. The summed E-state index contributed by atoms with van der Waals surface area (Å²) in [6.07, 6.45) is 2.17. The Morgan fingerprint density at radius 1 is 1.47 bits per heavy atom. The molecule has 1 saturated carbocycles. The zero-order valence-electron chi connectivity index (χ0n) is 19.7. The van der Waals surface area contributed by atoms with E-state index in [2.05, 4.69) is 0 Å². The third-order valence-corrected chi connectivity index (χ3v) is 3.89. The van der Waals surface area contributed by atoms with Crippen LogP contribution in [0.3, 0.4) is 0 Å². The molecule has 2 atom stereocenters. The lowest BCUT2D eigenvalue weighted by molar-refractivity contribution is -0.0619. The molecule has 0 amide bonds. The van der Waals surface area contributed by atoms with Crippen LogP contribution < -0.4 is 4.74 Å². The largest absolute Gasteiger partial charge is 0.497 e. The molecular formula is C16H25NO2. The Kier molecular flexibility index (Phi) is 2.06. The van der Waals surface area contributed by atoms with Gasteiger partial charge in [0.05, 0.1) is 16.8 Å². The zero-order chi connectivity index (χ0) is 21.4. The van der Waals surface area contributed by atoms with Crippen LogP contribution >= 0.6 is 0 Å². The van der Waals surface area contributed by atoms with Gasteiger partial charge in [0.15, 0.2) is 0 Å². The molecule has 0 radical (unpaired) electrons. The molecule has 0 heterocycles. The lowest BCUT2D eigenvalue weighted by atomic mass is 9.71. The molecule has 0 bridgehead atoms. The van der Waals surface area contributed by atoms with E-state index in [9.17, 15) is 5.11 Å². The second-order valence-corrected chi connectivity index (χ2v) is 5.11. The molecule has 1 aliphatic carbocycles. The standard InChI is InChI=1S/C16H25NO2/c1-17(2)12-14-7-4-5-10-16(14,18)13-8-6-9-15(11-13)19-3/h6,8-9,11,14,18H,4-5,7,10,12H2,1-3H3/i1D3,2D3,3D3. The van der Waals surface area contributed by atoms with Crippen LogP contribution in [0.4, 0.5) is 0 Å². The van der Waals surface area contributed by atoms with Crippen molar-refractivity contribution in [3.8, 4) is 5.75 Å². The zero-order valence-corrected chi connectivity index (χ0v) is 10.7. The summed E-state index contributed by atoms with van der Waals surface area (Å²) in [6, 6.07) is 6.03. The molecule has 1 aromatic carbocycles. The number of methoxy groups -OCH3 is 1. The van der Waals surface area contributed by atoms with Gasteiger partial charge in [0.25, 0.3) is 0 Å². The number of ether oxygens (including phenoxy) is 1. The third-order valence-electron chi connectivity index (χ3n) is 3.89. The van der Waals surface area contributed by atoms with Crippen molar-refractivity contribution in [3.63, 3.8) is 0 Å². The highest BCUT2D eigenvalue weighted by atomic mass is 16.5. The molecule has 3 heteroatoms. The van der Waals surface area contributed by atoms with Crippen molar-refractivity contribution in [2.45, 2.75) is 31.3 Å². The van der Waals surface area contributed by atoms with Crippen LogP contribution in [0.5, 0.6) is 5.75 Å². The highest BCUT2D eigenvalue weighted by Gasteiger charge is 2.40. The van der Waals surface area contributed by atoms with Crippen LogP contribution in [0, 0.1) is 5.92 Å². The fourth-order valence-electron chi connectivity index (χ4n) is 2.90. The predicted molar refractivity (Wildman–Crippen MR) is 77.4 cm³/mol. The lowest BCUT2D eigenvalue weighted by Gasteiger charge is -2.41. The van der Waals surface area contributed by atoms with Crippen molar-refractivity contribution in [2.75, 3.05) is 27.5 Å². The number of hydrogen-bond donors (Lipinski definition) is 1. The molecule has 0 spiro atoms. The van der Waals surface area contributed by atoms with E-state index < -0.39 is 32.5 Å². The molecule has 1 N–H and O–H groups in total. The number of rotatable bonds is 4. The monoisotopic (exact) mass is 272 g/mol. The first kappa shape index (κ1) is 6.59. The Morgan fingerprint density at radius 2 is 2.37 bits per heavy atom. The Balaban J connectivity index is 2.36. The van der Waals surface area contributed by atoms with Gasteiger partial charge in [-0.15, -0.1) is 0 Å². The summed E-state index contributed by atoms with van der Waals surface area (Å²) in [6.45, 7) is -6.01. The molecule has 106 valence electrons. The topological polar surface area (TPSA) is 32.7 Å². The van der Waals surface area contributed by atoms with Crippen LogP contribution in [-0.2, 0) is 5.60 Å². The molecule has 0 aromatic heterocycles. The Morgan fingerprint density at radius 3 is 3.16 bits per heavy atom. The molecular weight excluding hydrogens is 238 g/mol. The van der Waals surface area contributed by atoms with E-state index in [4.69, 9.17) is 17.1 Å². The van der Waals surface area contributed by atoms with Gasteiger partial charge < -0.3 is 14.7 Å². The van der Waals surface area contributed by atoms with E-state index in [0.29, 0.717) is 29.7 Å². The molecule has 0 aliphatic heterocycles. The maximum atomic E-state index is 11.4. The third kappa shape index (κ3) is 3.10. The van der Waals surface area contributed by atoms with Crippen molar-refractivity contribution in [2.24, 2.45) is 5.92 Å². The van der Waals surface area contributed by atoms with Crippen LogP contribution in [0.2, 0.25) is 0 Å². The average Bonchev–Trinajstić information content (AvgIpc) is 2.50.